The highest BCUT2D eigenvalue weighted by atomic mass is 16.6. The van der Waals surface area contributed by atoms with Gasteiger partial charge in [-0.1, -0.05) is 56.5 Å². The van der Waals surface area contributed by atoms with Crippen LogP contribution in [-0.2, 0) is 16.1 Å². The minimum absolute atomic E-state index is 0.206. The number of nitrogens with zero attached hydrogens (tertiary/aromatic N) is 3. The van der Waals surface area contributed by atoms with Crippen molar-refractivity contribution in [1.29, 1.82) is 0 Å². The van der Waals surface area contributed by atoms with Crippen LogP contribution in [0.2, 0.25) is 0 Å². The molecule has 1 unspecified atom stereocenters. The fourth-order valence-electron chi connectivity index (χ4n) is 5.98. The molecule has 1 aromatic heterocycles. The first kappa shape index (κ1) is 27.5. The zero-order valence-corrected chi connectivity index (χ0v) is 23.5. The van der Waals surface area contributed by atoms with Gasteiger partial charge in [0.2, 0.25) is 0 Å². The Morgan fingerprint density at radius 2 is 1.65 bits per heavy atom. The second kappa shape index (κ2) is 12.3. The molecule has 0 N–H and O–H groups in total. The van der Waals surface area contributed by atoms with Crippen LogP contribution >= 0.6 is 0 Å². The lowest BCUT2D eigenvalue weighted by atomic mass is 9.71. The van der Waals surface area contributed by atoms with E-state index < -0.39 is 5.60 Å². The maximum absolute atomic E-state index is 12.1. The summed E-state index contributed by atoms with van der Waals surface area (Å²) in [5.41, 5.74) is 4.26. The summed E-state index contributed by atoms with van der Waals surface area (Å²) in [7, 11) is 1.93. The van der Waals surface area contributed by atoms with Crippen molar-refractivity contribution in [1.82, 2.24) is 14.9 Å². The molecule has 200 valence electrons. The van der Waals surface area contributed by atoms with Crippen LogP contribution in [0, 0.1) is 17.8 Å². The number of allylic oxidation sites excluding steroid dienone is 2. The molecule has 0 aliphatic heterocycles. The van der Waals surface area contributed by atoms with Crippen molar-refractivity contribution in [3.63, 3.8) is 0 Å². The van der Waals surface area contributed by atoms with E-state index in [1.165, 1.54) is 50.5 Å². The molecule has 1 fully saturated rings. The third kappa shape index (κ3) is 7.98. The molecular weight excluding hydrogens is 458 g/mol. The molecule has 1 heterocycles. The van der Waals surface area contributed by atoms with Crippen molar-refractivity contribution in [2.75, 3.05) is 13.6 Å². The molecule has 2 aromatic rings. The number of benzene rings is 1. The van der Waals surface area contributed by atoms with Gasteiger partial charge in [-0.25, -0.2) is 9.97 Å². The molecule has 2 aliphatic rings. The molecule has 1 saturated carbocycles. The summed E-state index contributed by atoms with van der Waals surface area (Å²) < 4.78 is 5.42. The van der Waals surface area contributed by atoms with Gasteiger partial charge in [-0.2, -0.15) is 0 Å². The summed E-state index contributed by atoms with van der Waals surface area (Å²) in [6, 6.07) is 8.28. The lowest BCUT2D eigenvalue weighted by Crippen LogP contribution is -2.32. The molecule has 1 aromatic carbocycles. The minimum atomic E-state index is -0.460. The monoisotopic (exact) mass is 503 g/mol. The van der Waals surface area contributed by atoms with Gasteiger partial charge in [0.1, 0.15) is 5.60 Å². The van der Waals surface area contributed by atoms with Crippen molar-refractivity contribution in [3.05, 3.63) is 53.9 Å². The number of carbonyl (C=O) groups excluding carboxylic acids is 1. The van der Waals surface area contributed by atoms with E-state index in [0.717, 1.165) is 46.7 Å². The van der Waals surface area contributed by atoms with Gasteiger partial charge < -0.3 is 4.74 Å². The number of hydrogen-bond acceptors (Lipinski definition) is 5. The van der Waals surface area contributed by atoms with Crippen molar-refractivity contribution in [2.45, 2.75) is 91.2 Å². The van der Waals surface area contributed by atoms with E-state index in [1.807, 2.05) is 45.1 Å². The Labute approximate surface area is 223 Å². The summed E-state index contributed by atoms with van der Waals surface area (Å²) in [4.78, 5) is 23.4. The molecule has 0 radical (unpaired) electrons. The number of esters is 1. The Morgan fingerprint density at radius 1 is 0.973 bits per heavy atom. The largest absolute Gasteiger partial charge is 0.459 e. The first-order chi connectivity index (χ1) is 17.7. The fraction of sp³-hybridized carbons (Fsp3) is 0.594. The van der Waals surface area contributed by atoms with E-state index in [0.29, 0.717) is 6.54 Å². The van der Waals surface area contributed by atoms with Gasteiger partial charge >= 0.3 is 5.97 Å². The lowest BCUT2D eigenvalue weighted by molar-refractivity contribution is -0.155. The number of aromatic nitrogens is 2. The van der Waals surface area contributed by atoms with E-state index in [-0.39, 0.29) is 12.5 Å². The average molecular weight is 504 g/mol. The quantitative estimate of drug-likeness (QED) is 0.353. The van der Waals surface area contributed by atoms with Crippen LogP contribution in [0.3, 0.4) is 0 Å². The van der Waals surface area contributed by atoms with Crippen LogP contribution in [-0.4, -0.2) is 40.0 Å². The standard InChI is InChI=1S/C32H45N3O2/c1-6-23-7-11-25(12-8-23)26-15-17-27(18-16-26)29-19-33-31(34-20-29)28-13-9-24(10-14-28)21-35(5)22-30(36)37-32(2,3)4/h9-10,13-14,17,19-20,23,25-26H,6-8,11-12,15-16,18,21-22H2,1-5H3. The molecule has 0 amide bonds. The van der Waals surface area contributed by atoms with Gasteiger partial charge in [-0.3, -0.25) is 9.69 Å². The molecule has 4 rings (SSSR count). The molecule has 0 spiro atoms. The van der Waals surface area contributed by atoms with Crippen LogP contribution in [0.4, 0.5) is 0 Å². The van der Waals surface area contributed by atoms with E-state index in [9.17, 15) is 4.79 Å². The van der Waals surface area contributed by atoms with E-state index in [4.69, 9.17) is 14.7 Å². The number of carbonyl (C=O) groups is 1. The Kier molecular flexibility index (Phi) is 9.17. The highest BCUT2D eigenvalue weighted by Crippen LogP contribution is 2.41. The van der Waals surface area contributed by atoms with Crippen LogP contribution < -0.4 is 0 Å². The predicted molar refractivity (Wildman–Crippen MR) is 151 cm³/mol. The molecule has 5 nitrogen and oxygen atoms in total. The van der Waals surface area contributed by atoms with E-state index >= 15 is 0 Å². The molecule has 0 saturated heterocycles. The van der Waals surface area contributed by atoms with Crippen LogP contribution in [0.15, 0.2) is 42.7 Å². The molecule has 0 bridgehead atoms. The highest BCUT2D eigenvalue weighted by molar-refractivity contribution is 5.72. The van der Waals surface area contributed by atoms with Gasteiger partial charge in [0.05, 0.1) is 6.54 Å². The SMILES string of the molecule is CCC1CCC(C2CC=C(c3cnc(-c4ccc(CN(C)CC(=O)OC(C)(C)C)cc4)nc3)CC2)CC1. The summed E-state index contributed by atoms with van der Waals surface area (Å²) in [6.07, 6.45) is 17.2. The third-order valence-corrected chi connectivity index (χ3v) is 8.09. The van der Waals surface area contributed by atoms with Gasteiger partial charge in [-0.15, -0.1) is 0 Å². The lowest BCUT2D eigenvalue weighted by Gasteiger charge is -2.35. The molecular formula is C32H45N3O2. The van der Waals surface area contributed by atoms with E-state index in [2.05, 4.69) is 37.3 Å². The van der Waals surface area contributed by atoms with Crippen molar-refractivity contribution in [3.8, 4) is 11.4 Å². The van der Waals surface area contributed by atoms with Crippen molar-refractivity contribution >= 4 is 11.5 Å². The summed E-state index contributed by atoms with van der Waals surface area (Å²) >= 11 is 0. The Balaban J connectivity index is 1.29. The second-order valence-corrected chi connectivity index (χ2v) is 12.2. The van der Waals surface area contributed by atoms with Crippen LogP contribution in [0.5, 0.6) is 0 Å². The molecule has 2 aliphatic carbocycles. The van der Waals surface area contributed by atoms with Gasteiger partial charge in [-0.05, 0) is 88.8 Å². The first-order valence-electron chi connectivity index (χ1n) is 14.2. The molecule has 37 heavy (non-hydrogen) atoms. The van der Waals surface area contributed by atoms with Gasteiger partial charge in [0.15, 0.2) is 5.82 Å². The fourth-order valence-corrected chi connectivity index (χ4v) is 5.98. The van der Waals surface area contributed by atoms with E-state index in [1.54, 1.807) is 0 Å². The van der Waals surface area contributed by atoms with Crippen molar-refractivity contribution in [2.24, 2.45) is 17.8 Å². The zero-order chi connectivity index (χ0) is 26.4. The predicted octanol–water partition coefficient (Wildman–Crippen LogP) is 7.32. The van der Waals surface area contributed by atoms with Crippen LogP contribution in [0.25, 0.3) is 17.0 Å². The summed E-state index contributed by atoms with van der Waals surface area (Å²) in [6.45, 7) is 8.95. The number of rotatable bonds is 8. The third-order valence-electron chi connectivity index (χ3n) is 8.09. The number of ether oxygens (including phenoxy) is 1. The highest BCUT2D eigenvalue weighted by Gasteiger charge is 2.28. The zero-order valence-electron chi connectivity index (χ0n) is 23.5. The topological polar surface area (TPSA) is 55.3 Å². The molecule has 5 heteroatoms. The van der Waals surface area contributed by atoms with Gasteiger partial charge in [0, 0.05) is 30.1 Å². The second-order valence-electron chi connectivity index (χ2n) is 12.2. The summed E-state index contributed by atoms with van der Waals surface area (Å²) in [5, 5.41) is 0. The first-order valence-corrected chi connectivity index (χ1v) is 14.2. The molecule has 1 atom stereocenters. The number of likely N-dealkylation sites (N-methyl/N-ethyl adjacent to an activating group) is 1. The Bertz CT molecular complexity index is 1040. The van der Waals surface area contributed by atoms with Crippen molar-refractivity contribution < 1.29 is 9.53 Å². The Hall–Kier alpha value is -2.53. The number of hydrogen-bond donors (Lipinski definition) is 0. The minimum Gasteiger partial charge on any atom is -0.459 e. The van der Waals surface area contributed by atoms with Gasteiger partial charge in [0.25, 0.3) is 0 Å². The maximum atomic E-state index is 12.1. The summed E-state index contributed by atoms with van der Waals surface area (Å²) in [5.74, 6) is 3.31. The normalized spacial score (nSPS) is 22.5. The smallest absolute Gasteiger partial charge is 0.320 e. The maximum Gasteiger partial charge on any atom is 0.320 e. The average Bonchev–Trinajstić information content (AvgIpc) is 2.88. The van der Waals surface area contributed by atoms with Crippen LogP contribution in [0.1, 0.15) is 90.2 Å². The Morgan fingerprint density at radius 3 is 2.22 bits per heavy atom.